The molecular formula is C21H16F4N4O4. The number of hydrogen-bond acceptors (Lipinski definition) is 4. The van der Waals surface area contributed by atoms with Gasteiger partial charge in [-0.3, -0.25) is 23.5 Å². The summed E-state index contributed by atoms with van der Waals surface area (Å²) in [6.07, 6.45) is -3.86. The number of hydrogen-bond donors (Lipinski definition) is 2. The van der Waals surface area contributed by atoms with Crippen molar-refractivity contribution >= 4 is 23.2 Å². The van der Waals surface area contributed by atoms with Crippen LogP contribution >= 0.6 is 0 Å². The minimum absolute atomic E-state index is 0.275. The predicted molar refractivity (Wildman–Crippen MR) is 110 cm³/mol. The molecule has 0 saturated heterocycles. The third kappa shape index (κ3) is 5.34. The molecule has 0 aliphatic carbocycles. The van der Waals surface area contributed by atoms with Crippen molar-refractivity contribution < 1.29 is 27.2 Å². The zero-order valence-corrected chi connectivity index (χ0v) is 16.9. The monoisotopic (exact) mass is 464 g/mol. The van der Waals surface area contributed by atoms with Crippen molar-refractivity contribution in [3.8, 4) is 0 Å². The van der Waals surface area contributed by atoms with Crippen molar-refractivity contribution in [2.75, 3.05) is 10.6 Å². The van der Waals surface area contributed by atoms with Crippen LogP contribution in [0.4, 0.5) is 28.9 Å². The number of benzene rings is 2. The van der Waals surface area contributed by atoms with Crippen LogP contribution in [0.5, 0.6) is 0 Å². The fourth-order valence-electron chi connectivity index (χ4n) is 2.89. The van der Waals surface area contributed by atoms with E-state index in [1.807, 2.05) is 0 Å². The van der Waals surface area contributed by atoms with E-state index in [1.165, 1.54) is 25.2 Å². The van der Waals surface area contributed by atoms with Crippen LogP contribution in [0.3, 0.4) is 0 Å². The van der Waals surface area contributed by atoms with Crippen LogP contribution in [-0.2, 0) is 24.6 Å². The lowest BCUT2D eigenvalue weighted by Crippen LogP contribution is -2.39. The lowest BCUT2D eigenvalue weighted by Gasteiger charge is -2.16. The van der Waals surface area contributed by atoms with Gasteiger partial charge in [-0.05, 0) is 30.3 Å². The summed E-state index contributed by atoms with van der Waals surface area (Å²) in [7, 11) is 1.19. The first-order valence-corrected chi connectivity index (χ1v) is 9.31. The Morgan fingerprint density at radius 2 is 1.70 bits per heavy atom. The van der Waals surface area contributed by atoms with Crippen LogP contribution in [0.1, 0.15) is 15.9 Å². The largest absolute Gasteiger partial charge is 0.418 e. The van der Waals surface area contributed by atoms with E-state index >= 15 is 0 Å². The molecule has 2 aromatic carbocycles. The van der Waals surface area contributed by atoms with E-state index in [-0.39, 0.29) is 11.3 Å². The van der Waals surface area contributed by atoms with E-state index in [2.05, 4.69) is 10.6 Å². The number of alkyl halides is 3. The SMILES string of the molecule is Cn1c(=O)ccn(CC(=O)Nc2ccc(NC(=O)c3ccccc3F)cc2C(F)(F)F)c1=O. The molecule has 3 aromatic rings. The van der Waals surface area contributed by atoms with Gasteiger partial charge in [-0.25, -0.2) is 9.18 Å². The molecule has 33 heavy (non-hydrogen) atoms. The number of carbonyl (C=O) groups excluding carboxylic acids is 2. The fourth-order valence-corrected chi connectivity index (χ4v) is 2.89. The third-order valence-corrected chi connectivity index (χ3v) is 4.55. The molecule has 8 nitrogen and oxygen atoms in total. The maximum Gasteiger partial charge on any atom is 0.418 e. The molecule has 0 fully saturated rings. The molecule has 172 valence electrons. The number of halogens is 4. The summed E-state index contributed by atoms with van der Waals surface area (Å²) in [6.45, 7) is -0.643. The summed E-state index contributed by atoms with van der Waals surface area (Å²) < 4.78 is 56.1. The quantitative estimate of drug-likeness (QED) is 0.567. The molecule has 3 rings (SSSR count). The minimum atomic E-state index is -4.91. The zero-order valence-electron chi connectivity index (χ0n) is 16.9. The van der Waals surface area contributed by atoms with Gasteiger partial charge in [0.2, 0.25) is 5.91 Å². The molecule has 2 N–H and O–H groups in total. The standard InChI is InChI=1S/C21H16F4N4O4/c1-28-18(31)8-9-29(20(28)33)11-17(30)27-16-7-6-12(10-14(16)21(23,24)25)26-19(32)13-4-2-3-5-15(13)22/h2-10H,11H2,1H3,(H,26,32)(H,27,30). The third-order valence-electron chi connectivity index (χ3n) is 4.55. The number of nitrogens with zero attached hydrogens (tertiary/aromatic N) is 2. The van der Waals surface area contributed by atoms with Crippen LogP contribution in [0.2, 0.25) is 0 Å². The molecule has 0 aliphatic heterocycles. The Labute approximate surface area is 183 Å². The molecule has 0 aliphatic rings. The second kappa shape index (κ2) is 9.10. The van der Waals surface area contributed by atoms with Gasteiger partial charge < -0.3 is 10.6 Å². The molecule has 0 spiro atoms. The summed E-state index contributed by atoms with van der Waals surface area (Å²) in [5.41, 5.74) is -3.94. The van der Waals surface area contributed by atoms with Gasteiger partial charge in [0.1, 0.15) is 12.4 Å². The second-order valence-electron chi connectivity index (χ2n) is 6.86. The Bertz CT molecular complexity index is 1350. The van der Waals surface area contributed by atoms with Gasteiger partial charge in [-0.2, -0.15) is 13.2 Å². The van der Waals surface area contributed by atoms with Crippen molar-refractivity contribution in [3.63, 3.8) is 0 Å². The smallest absolute Gasteiger partial charge is 0.324 e. The first kappa shape index (κ1) is 23.4. The molecule has 12 heteroatoms. The van der Waals surface area contributed by atoms with Gasteiger partial charge in [0.15, 0.2) is 0 Å². The molecule has 0 saturated carbocycles. The van der Waals surface area contributed by atoms with E-state index in [0.29, 0.717) is 6.07 Å². The summed E-state index contributed by atoms with van der Waals surface area (Å²) >= 11 is 0. The Morgan fingerprint density at radius 3 is 2.36 bits per heavy atom. The van der Waals surface area contributed by atoms with E-state index in [0.717, 1.165) is 39.6 Å². The lowest BCUT2D eigenvalue weighted by molar-refractivity contribution is -0.136. The number of anilines is 2. The summed E-state index contributed by atoms with van der Waals surface area (Å²) in [6, 6.07) is 8.59. The van der Waals surface area contributed by atoms with Crippen LogP contribution in [0, 0.1) is 5.82 Å². The van der Waals surface area contributed by atoms with Crippen molar-refractivity contribution in [2.24, 2.45) is 7.05 Å². The summed E-state index contributed by atoms with van der Waals surface area (Å²) in [4.78, 5) is 47.8. The highest BCUT2D eigenvalue weighted by Gasteiger charge is 2.34. The maximum atomic E-state index is 13.7. The number of amides is 2. The number of carbonyl (C=O) groups is 2. The van der Waals surface area contributed by atoms with E-state index < -0.39 is 52.9 Å². The number of rotatable bonds is 5. The average Bonchev–Trinajstić information content (AvgIpc) is 2.74. The van der Waals surface area contributed by atoms with Gasteiger partial charge in [-0.1, -0.05) is 12.1 Å². The second-order valence-corrected chi connectivity index (χ2v) is 6.86. The molecule has 1 aromatic heterocycles. The average molecular weight is 464 g/mol. The predicted octanol–water partition coefficient (Wildman–Crippen LogP) is 2.60. The van der Waals surface area contributed by atoms with E-state index in [4.69, 9.17) is 0 Å². The van der Waals surface area contributed by atoms with Gasteiger partial charge in [0, 0.05) is 25.0 Å². The summed E-state index contributed by atoms with van der Waals surface area (Å²) in [5.74, 6) is -2.75. The van der Waals surface area contributed by atoms with Crippen LogP contribution < -0.4 is 21.9 Å². The van der Waals surface area contributed by atoms with Crippen LogP contribution in [0.15, 0.2) is 64.3 Å². The summed E-state index contributed by atoms with van der Waals surface area (Å²) in [5, 5.41) is 4.25. The van der Waals surface area contributed by atoms with E-state index in [1.54, 1.807) is 0 Å². The van der Waals surface area contributed by atoms with Crippen molar-refractivity contribution in [3.05, 3.63) is 92.5 Å². The number of aromatic nitrogens is 2. The topological polar surface area (TPSA) is 102 Å². The Hall–Kier alpha value is -4.22. The molecule has 0 bridgehead atoms. The first-order chi connectivity index (χ1) is 15.5. The normalized spacial score (nSPS) is 11.2. The lowest BCUT2D eigenvalue weighted by atomic mass is 10.1. The van der Waals surface area contributed by atoms with Gasteiger partial charge >= 0.3 is 11.9 Å². The Morgan fingerprint density at radius 1 is 1.00 bits per heavy atom. The molecule has 1 heterocycles. The highest BCUT2D eigenvalue weighted by atomic mass is 19.4. The molecule has 0 unspecified atom stereocenters. The maximum absolute atomic E-state index is 13.7. The minimum Gasteiger partial charge on any atom is -0.324 e. The van der Waals surface area contributed by atoms with Gasteiger partial charge in [-0.15, -0.1) is 0 Å². The van der Waals surface area contributed by atoms with Crippen molar-refractivity contribution in [1.29, 1.82) is 0 Å². The Balaban J connectivity index is 1.84. The van der Waals surface area contributed by atoms with E-state index in [9.17, 15) is 36.7 Å². The highest BCUT2D eigenvalue weighted by molar-refractivity contribution is 6.04. The van der Waals surface area contributed by atoms with Crippen LogP contribution in [-0.4, -0.2) is 20.9 Å². The van der Waals surface area contributed by atoms with Crippen LogP contribution in [0.25, 0.3) is 0 Å². The Kier molecular flexibility index (Phi) is 6.47. The number of nitrogens with one attached hydrogen (secondary N) is 2. The molecule has 2 amide bonds. The highest BCUT2D eigenvalue weighted by Crippen LogP contribution is 2.36. The fraction of sp³-hybridized carbons (Fsp3) is 0.143. The zero-order chi connectivity index (χ0) is 24.3. The first-order valence-electron chi connectivity index (χ1n) is 9.31. The molecule has 0 atom stereocenters. The molecule has 0 radical (unpaired) electrons. The molecular weight excluding hydrogens is 448 g/mol. The van der Waals surface area contributed by atoms with Gasteiger partial charge in [0.05, 0.1) is 16.8 Å². The van der Waals surface area contributed by atoms with Crippen molar-refractivity contribution in [2.45, 2.75) is 12.7 Å². The van der Waals surface area contributed by atoms with Crippen molar-refractivity contribution in [1.82, 2.24) is 9.13 Å². The van der Waals surface area contributed by atoms with Gasteiger partial charge in [0.25, 0.3) is 11.5 Å².